The van der Waals surface area contributed by atoms with Crippen molar-refractivity contribution < 1.29 is 28.0 Å². The van der Waals surface area contributed by atoms with Gasteiger partial charge in [-0.3, -0.25) is 19.7 Å². The number of nitrogens with zero attached hydrogens (tertiary/aromatic N) is 2. The lowest BCUT2D eigenvalue weighted by atomic mass is 9.84. The van der Waals surface area contributed by atoms with Crippen molar-refractivity contribution in [3.05, 3.63) is 69.6 Å². The van der Waals surface area contributed by atoms with Crippen LogP contribution in [-0.4, -0.2) is 66.9 Å². The number of benzene rings is 2. The zero-order valence-corrected chi connectivity index (χ0v) is 24.3. The largest absolute Gasteiger partial charge is 0.390 e. The van der Waals surface area contributed by atoms with E-state index < -0.39 is 50.1 Å². The van der Waals surface area contributed by atoms with Crippen LogP contribution < -0.4 is 10.6 Å². The number of nitro groups is 1. The molecule has 0 radical (unpaired) electrons. The van der Waals surface area contributed by atoms with Gasteiger partial charge < -0.3 is 15.7 Å². The van der Waals surface area contributed by atoms with E-state index in [4.69, 9.17) is 0 Å². The summed E-state index contributed by atoms with van der Waals surface area (Å²) >= 11 is 1.35. The lowest BCUT2D eigenvalue weighted by Crippen LogP contribution is -2.50. The summed E-state index contributed by atoms with van der Waals surface area (Å²) in [7, 11) is -3.08. The standard InChI is InChI=1S/C28H34N4O7S2/c1-31(41(38,39)26-14-8-6-12-23(26)32(36)37)18-21(33)17-29-27(34)22(15-19-9-3-2-4-10-19)30-28(35)25-16-20-11-5-7-13-24(20)40-25/h5-8,11-14,16,19,21-22,33H,2-4,9-10,15,17-18H2,1H3,(H,29,34)(H,30,35)/t21-,22+/m1/s1. The molecule has 13 heteroatoms. The molecule has 3 aromatic rings. The Morgan fingerprint density at radius 3 is 2.51 bits per heavy atom. The zero-order valence-electron chi connectivity index (χ0n) is 22.7. The molecule has 0 unspecified atom stereocenters. The Morgan fingerprint density at radius 2 is 1.80 bits per heavy atom. The SMILES string of the molecule is CN(C[C@H](O)CNC(=O)[C@H](CC1CCCCC1)NC(=O)c1cc2ccccc2s1)S(=O)(=O)c1ccccc1[N+](=O)[O-]. The first kappa shape index (κ1) is 30.6. The van der Waals surface area contributed by atoms with Crippen molar-refractivity contribution in [1.29, 1.82) is 0 Å². The number of sulfonamides is 1. The lowest BCUT2D eigenvalue weighted by Gasteiger charge is -2.27. The van der Waals surface area contributed by atoms with Crippen molar-refractivity contribution in [2.24, 2.45) is 5.92 Å². The molecule has 1 saturated carbocycles. The Kier molecular flexibility index (Phi) is 10.1. The average Bonchev–Trinajstić information content (AvgIpc) is 3.41. The first-order valence-corrected chi connectivity index (χ1v) is 15.8. The smallest absolute Gasteiger partial charge is 0.289 e. The van der Waals surface area contributed by atoms with Crippen molar-refractivity contribution in [1.82, 2.24) is 14.9 Å². The Balaban J connectivity index is 1.40. The highest BCUT2D eigenvalue weighted by Crippen LogP contribution is 2.29. The number of likely N-dealkylation sites (N-methyl/N-ethyl adjacent to an activating group) is 1. The Bertz CT molecular complexity index is 1470. The third-order valence-electron chi connectivity index (χ3n) is 7.29. The molecule has 4 rings (SSSR count). The zero-order chi connectivity index (χ0) is 29.6. The predicted octanol–water partition coefficient (Wildman–Crippen LogP) is 3.68. The summed E-state index contributed by atoms with van der Waals surface area (Å²) in [6.45, 7) is -0.675. The van der Waals surface area contributed by atoms with Gasteiger partial charge in [0, 0.05) is 30.9 Å². The summed E-state index contributed by atoms with van der Waals surface area (Å²) in [5.74, 6) is -0.531. The fourth-order valence-corrected chi connectivity index (χ4v) is 7.43. The molecule has 2 amide bonds. The van der Waals surface area contributed by atoms with Crippen LogP contribution in [0.1, 0.15) is 48.2 Å². The van der Waals surface area contributed by atoms with Crippen LogP contribution in [0.4, 0.5) is 5.69 Å². The van der Waals surface area contributed by atoms with Gasteiger partial charge in [-0.05, 0) is 35.9 Å². The first-order chi connectivity index (χ1) is 19.6. The highest BCUT2D eigenvalue weighted by Gasteiger charge is 2.31. The maximum Gasteiger partial charge on any atom is 0.289 e. The summed E-state index contributed by atoms with van der Waals surface area (Å²) in [6, 6.07) is 13.6. The van der Waals surface area contributed by atoms with Crippen molar-refractivity contribution >= 4 is 48.9 Å². The molecule has 1 aromatic heterocycles. The lowest BCUT2D eigenvalue weighted by molar-refractivity contribution is -0.387. The minimum atomic E-state index is -4.28. The highest BCUT2D eigenvalue weighted by molar-refractivity contribution is 7.89. The van der Waals surface area contributed by atoms with E-state index in [2.05, 4.69) is 10.6 Å². The number of hydrogen-bond donors (Lipinski definition) is 3. The van der Waals surface area contributed by atoms with Gasteiger partial charge >= 0.3 is 0 Å². The number of aliphatic hydroxyl groups is 1. The second-order valence-electron chi connectivity index (χ2n) is 10.3. The van der Waals surface area contributed by atoms with Crippen molar-refractivity contribution in [3.63, 3.8) is 0 Å². The van der Waals surface area contributed by atoms with Gasteiger partial charge in [0.15, 0.2) is 4.90 Å². The molecule has 0 spiro atoms. The molecule has 0 bridgehead atoms. The minimum absolute atomic E-state index is 0.268. The molecule has 1 aliphatic carbocycles. The van der Waals surface area contributed by atoms with E-state index in [9.17, 15) is 33.2 Å². The second kappa shape index (κ2) is 13.5. The molecule has 0 aliphatic heterocycles. The van der Waals surface area contributed by atoms with Gasteiger partial charge in [-0.15, -0.1) is 11.3 Å². The summed E-state index contributed by atoms with van der Waals surface area (Å²) in [6.07, 6.45) is 4.40. The van der Waals surface area contributed by atoms with Crippen molar-refractivity contribution in [2.45, 2.75) is 55.6 Å². The quantitative estimate of drug-likeness (QED) is 0.211. The number of carbonyl (C=O) groups is 2. The van der Waals surface area contributed by atoms with E-state index >= 15 is 0 Å². The predicted molar refractivity (Wildman–Crippen MR) is 156 cm³/mol. The maximum absolute atomic E-state index is 13.2. The van der Waals surface area contributed by atoms with Gasteiger partial charge in [-0.2, -0.15) is 4.31 Å². The highest BCUT2D eigenvalue weighted by atomic mass is 32.2. The number of para-hydroxylation sites is 1. The third-order valence-corrected chi connectivity index (χ3v) is 10.3. The van der Waals surface area contributed by atoms with Gasteiger partial charge in [0.1, 0.15) is 6.04 Å². The fraction of sp³-hybridized carbons (Fsp3) is 0.429. The van der Waals surface area contributed by atoms with Gasteiger partial charge in [-0.1, -0.05) is 62.4 Å². The summed E-state index contributed by atoms with van der Waals surface area (Å²) in [5, 5.41) is 28.3. The molecule has 1 fully saturated rings. The number of hydrogen-bond acceptors (Lipinski definition) is 8. The van der Waals surface area contributed by atoms with Crippen LogP contribution in [0.2, 0.25) is 0 Å². The van der Waals surface area contributed by atoms with Crippen LogP contribution in [0.25, 0.3) is 10.1 Å². The molecule has 220 valence electrons. The normalized spacial score (nSPS) is 15.9. The van der Waals surface area contributed by atoms with Crippen LogP contribution >= 0.6 is 11.3 Å². The minimum Gasteiger partial charge on any atom is -0.390 e. The number of aliphatic hydroxyl groups excluding tert-OH is 1. The summed E-state index contributed by atoms with van der Waals surface area (Å²) in [4.78, 5) is 36.9. The monoisotopic (exact) mass is 602 g/mol. The summed E-state index contributed by atoms with van der Waals surface area (Å²) in [5.41, 5.74) is -0.568. The van der Waals surface area contributed by atoms with Crippen LogP contribution in [-0.2, 0) is 14.8 Å². The maximum atomic E-state index is 13.2. The van der Waals surface area contributed by atoms with Gasteiger partial charge in [0.2, 0.25) is 15.9 Å². The Labute approximate surface area is 242 Å². The van der Waals surface area contributed by atoms with Crippen molar-refractivity contribution in [2.75, 3.05) is 20.1 Å². The third kappa shape index (κ3) is 7.67. The van der Waals surface area contributed by atoms with Crippen LogP contribution in [0, 0.1) is 16.0 Å². The number of thiophene rings is 1. The second-order valence-corrected chi connectivity index (χ2v) is 13.4. The fourth-order valence-electron chi connectivity index (χ4n) is 5.11. The molecule has 2 atom stereocenters. The molecule has 41 heavy (non-hydrogen) atoms. The number of nitro benzene ring substituents is 1. The first-order valence-electron chi connectivity index (χ1n) is 13.5. The Morgan fingerprint density at radius 1 is 1.12 bits per heavy atom. The number of rotatable bonds is 12. The molecular formula is C28H34N4O7S2. The molecule has 3 N–H and O–H groups in total. The van der Waals surface area contributed by atoms with E-state index in [0.29, 0.717) is 11.3 Å². The number of carbonyl (C=O) groups excluding carboxylic acids is 2. The average molecular weight is 603 g/mol. The van der Waals surface area contributed by atoms with E-state index in [1.165, 1.54) is 30.5 Å². The van der Waals surface area contributed by atoms with Crippen LogP contribution in [0.5, 0.6) is 0 Å². The molecular weight excluding hydrogens is 568 g/mol. The van der Waals surface area contributed by atoms with Crippen LogP contribution in [0.3, 0.4) is 0 Å². The number of amides is 2. The molecule has 1 aliphatic rings. The number of fused-ring (bicyclic) bond motifs is 1. The number of nitrogens with one attached hydrogen (secondary N) is 2. The Hall–Kier alpha value is -3.39. The van der Waals surface area contributed by atoms with Gasteiger partial charge in [-0.25, -0.2) is 8.42 Å². The van der Waals surface area contributed by atoms with Gasteiger partial charge in [0.05, 0.1) is 15.9 Å². The molecule has 1 heterocycles. The van der Waals surface area contributed by atoms with E-state index in [0.717, 1.165) is 58.6 Å². The molecule has 2 aromatic carbocycles. The topological polar surface area (TPSA) is 159 Å². The molecule has 11 nitrogen and oxygen atoms in total. The van der Waals surface area contributed by atoms with Crippen LogP contribution in [0.15, 0.2) is 59.5 Å². The van der Waals surface area contributed by atoms with E-state index in [1.807, 2.05) is 24.3 Å². The van der Waals surface area contributed by atoms with E-state index in [-0.39, 0.29) is 18.4 Å². The van der Waals surface area contributed by atoms with E-state index in [1.54, 1.807) is 6.07 Å². The molecule has 0 saturated heterocycles. The summed E-state index contributed by atoms with van der Waals surface area (Å²) < 4.78 is 27.7. The van der Waals surface area contributed by atoms with Crippen molar-refractivity contribution in [3.8, 4) is 0 Å². The van der Waals surface area contributed by atoms with Gasteiger partial charge in [0.25, 0.3) is 11.6 Å².